The highest BCUT2D eigenvalue weighted by Gasteiger charge is 2.34. The molecule has 0 fully saturated rings. The zero-order chi connectivity index (χ0) is 21.6. The van der Waals surface area contributed by atoms with Gasteiger partial charge in [-0.15, -0.1) is 0 Å². The number of thiazole rings is 1. The molecular formula is C22H26N6O2S. The van der Waals surface area contributed by atoms with Crippen LogP contribution in [0.5, 0.6) is 5.75 Å². The van der Waals surface area contributed by atoms with Gasteiger partial charge in [-0.05, 0) is 44.5 Å². The van der Waals surface area contributed by atoms with Crippen molar-refractivity contribution in [2.24, 2.45) is 5.73 Å². The Hall–Kier alpha value is -2.91. The minimum absolute atomic E-state index is 0.0397. The number of nitrogens with zero attached hydrogens (tertiary/aromatic N) is 4. The monoisotopic (exact) mass is 438 g/mol. The van der Waals surface area contributed by atoms with Crippen molar-refractivity contribution in [3.63, 3.8) is 0 Å². The Morgan fingerprint density at radius 1 is 1.32 bits per heavy atom. The Balaban J connectivity index is 1.48. The summed E-state index contributed by atoms with van der Waals surface area (Å²) in [7, 11) is 0. The molecule has 31 heavy (non-hydrogen) atoms. The molecule has 1 amide bonds. The lowest BCUT2D eigenvalue weighted by molar-refractivity contribution is 0.0901. The predicted molar refractivity (Wildman–Crippen MR) is 121 cm³/mol. The lowest BCUT2D eigenvalue weighted by Gasteiger charge is -2.29. The quantitative estimate of drug-likeness (QED) is 0.636. The zero-order valence-corrected chi connectivity index (χ0v) is 18.5. The minimum atomic E-state index is -0.282. The number of aromatic nitrogens is 3. The summed E-state index contributed by atoms with van der Waals surface area (Å²) in [4.78, 5) is 20.3. The van der Waals surface area contributed by atoms with E-state index in [9.17, 15) is 4.79 Å². The van der Waals surface area contributed by atoms with Crippen LogP contribution in [-0.2, 0) is 13.0 Å². The number of nitrogens with one attached hydrogen (secondary N) is 1. The smallest absolute Gasteiger partial charge is 0.263 e. The molecule has 0 saturated heterocycles. The number of nitrogens with two attached hydrogens (primary N) is 1. The second-order valence-electron chi connectivity index (χ2n) is 8.60. The molecule has 0 bridgehead atoms. The Labute approximate surface area is 185 Å². The lowest BCUT2D eigenvalue weighted by atomic mass is 9.94. The third kappa shape index (κ3) is 3.79. The fourth-order valence-corrected chi connectivity index (χ4v) is 5.08. The molecule has 5 rings (SSSR count). The van der Waals surface area contributed by atoms with Crippen LogP contribution >= 0.6 is 11.3 Å². The van der Waals surface area contributed by atoms with E-state index in [4.69, 9.17) is 15.5 Å². The number of hydrogen-bond acceptors (Lipinski definition) is 7. The lowest BCUT2D eigenvalue weighted by Crippen LogP contribution is -2.48. The van der Waals surface area contributed by atoms with Gasteiger partial charge in [0.2, 0.25) is 0 Å². The van der Waals surface area contributed by atoms with Crippen molar-refractivity contribution in [3.05, 3.63) is 41.2 Å². The van der Waals surface area contributed by atoms with E-state index in [0.29, 0.717) is 24.6 Å². The van der Waals surface area contributed by atoms with Crippen LogP contribution in [0.2, 0.25) is 0 Å². The number of aryl methyl sites for hydroxylation is 1. The molecule has 0 unspecified atom stereocenters. The highest BCUT2D eigenvalue weighted by Crippen LogP contribution is 2.42. The molecule has 0 saturated carbocycles. The molecule has 162 valence electrons. The molecule has 9 heteroatoms. The van der Waals surface area contributed by atoms with Gasteiger partial charge in [0.05, 0.1) is 24.1 Å². The summed E-state index contributed by atoms with van der Waals surface area (Å²) in [5, 5.41) is 8.34. The van der Waals surface area contributed by atoms with Crippen LogP contribution in [0.3, 0.4) is 0 Å². The number of carbonyl (C=O) groups excluding carboxylic acids is 1. The van der Waals surface area contributed by atoms with Crippen molar-refractivity contribution in [2.45, 2.75) is 38.8 Å². The molecule has 1 aromatic carbocycles. The minimum Gasteiger partial charge on any atom is -0.490 e. The van der Waals surface area contributed by atoms with E-state index in [1.165, 1.54) is 11.3 Å². The second-order valence-corrected chi connectivity index (χ2v) is 9.58. The number of ether oxygens (including phenoxy) is 1. The molecule has 3 aromatic rings. The maximum absolute atomic E-state index is 12.6. The van der Waals surface area contributed by atoms with Crippen LogP contribution in [0.25, 0.3) is 11.1 Å². The highest BCUT2D eigenvalue weighted by atomic mass is 32.1. The van der Waals surface area contributed by atoms with Crippen LogP contribution in [0.15, 0.2) is 30.6 Å². The first-order chi connectivity index (χ1) is 14.9. The fraction of sp³-hybridized carbons (Fsp3) is 0.409. The molecule has 0 atom stereocenters. The maximum atomic E-state index is 12.6. The first-order valence-electron chi connectivity index (χ1n) is 10.5. The molecule has 0 radical (unpaired) electrons. The summed E-state index contributed by atoms with van der Waals surface area (Å²) in [6, 6.07) is 6.16. The summed E-state index contributed by atoms with van der Waals surface area (Å²) in [5.74, 6) is 0.783. The molecule has 2 aliphatic heterocycles. The summed E-state index contributed by atoms with van der Waals surface area (Å²) in [6.07, 6.45) is 5.54. The van der Waals surface area contributed by atoms with Gasteiger partial charge in [0.1, 0.15) is 17.2 Å². The average molecular weight is 439 g/mol. The van der Waals surface area contributed by atoms with Gasteiger partial charge in [0, 0.05) is 30.3 Å². The summed E-state index contributed by atoms with van der Waals surface area (Å²) in [6.45, 7) is 6.76. The van der Waals surface area contributed by atoms with Crippen LogP contribution in [-0.4, -0.2) is 45.9 Å². The maximum Gasteiger partial charge on any atom is 0.263 e. The molecule has 2 aliphatic rings. The topological polar surface area (TPSA) is 98.3 Å². The van der Waals surface area contributed by atoms with Gasteiger partial charge in [-0.3, -0.25) is 9.48 Å². The van der Waals surface area contributed by atoms with Gasteiger partial charge in [0.25, 0.3) is 5.91 Å². The van der Waals surface area contributed by atoms with Crippen molar-refractivity contribution in [2.75, 3.05) is 24.6 Å². The molecule has 8 nitrogen and oxygen atoms in total. The number of hydrogen-bond donors (Lipinski definition) is 2. The van der Waals surface area contributed by atoms with Crippen molar-refractivity contribution >= 4 is 28.1 Å². The molecule has 3 N–H and O–H groups in total. The van der Waals surface area contributed by atoms with Crippen LogP contribution in [0.1, 0.15) is 35.6 Å². The summed E-state index contributed by atoms with van der Waals surface area (Å²) < 4.78 is 7.82. The average Bonchev–Trinajstić information content (AvgIpc) is 3.38. The van der Waals surface area contributed by atoms with Crippen LogP contribution in [0, 0.1) is 0 Å². The number of carbonyl (C=O) groups is 1. The molecule has 0 aliphatic carbocycles. The van der Waals surface area contributed by atoms with Gasteiger partial charge < -0.3 is 20.7 Å². The van der Waals surface area contributed by atoms with Crippen LogP contribution in [0.4, 0.5) is 10.8 Å². The normalized spacial score (nSPS) is 17.0. The summed E-state index contributed by atoms with van der Waals surface area (Å²) >= 11 is 1.45. The summed E-state index contributed by atoms with van der Waals surface area (Å²) in [5.41, 5.74) is 9.27. The third-order valence-corrected chi connectivity index (χ3v) is 6.68. The highest BCUT2D eigenvalue weighted by molar-refractivity contribution is 7.17. The molecule has 0 spiro atoms. The van der Waals surface area contributed by atoms with Gasteiger partial charge in [-0.25, -0.2) is 4.98 Å². The van der Waals surface area contributed by atoms with E-state index in [1.54, 1.807) is 0 Å². The largest absolute Gasteiger partial charge is 0.490 e. The van der Waals surface area contributed by atoms with Crippen molar-refractivity contribution < 1.29 is 9.53 Å². The Kier molecular flexibility index (Phi) is 4.94. The van der Waals surface area contributed by atoms with Crippen LogP contribution < -0.4 is 20.7 Å². The first-order valence-corrected chi connectivity index (χ1v) is 11.3. The van der Waals surface area contributed by atoms with E-state index in [-0.39, 0.29) is 11.4 Å². The molecule has 2 aromatic heterocycles. The van der Waals surface area contributed by atoms with Gasteiger partial charge in [-0.2, -0.15) is 5.10 Å². The second kappa shape index (κ2) is 7.65. The number of fused-ring (bicyclic) bond motifs is 2. The fourth-order valence-electron chi connectivity index (χ4n) is 4.06. The number of anilines is 2. The van der Waals surface area contributed by atoms with Crippen molar-refractivity contribution in [3.8, 4) is 16.9 Å². The molecular weight excluding hydrogens is 412 g/mol. The molecule has 4 heterocycles. The van der Waals surface area contributed by atoms with Gasteiger partial charge in [0.15, 0.2) is 5.13 Å². The Morgan fingerprint density at radius 3 is 3.03 bits per heavy atom. The first kappa shape index (κ1) is 20.0. The zero-order valence-electron chi connectivity index (χ0n) is 17.7. The van der Waals surface area contributed by atoms with E-state index in [2.05, 4.69) is 27.4 Å². The number of rotatable bonds is 5. The Morgan fingerprint density at radius 2 is 2.19 bits per heavy atom. The number of amides is 1. The SMILES string of the molecule is CC1(C)Cc2nc(N3CCOc4ccc(-c5cnn(CCCN)c5)cc43)sc2C(=O)N1. The standard InChI is InChI=1S/C22H26N6O2S/c1-22(2)11-16-19(20(29)26-22)31-21(25-16)28-8-9-30-18-5-4-14(10-17(18)28)15-12-24-27(13-15)7-3-6-23/h4-5,10,12-13H,3,6-9,11,23H2,1-2H3,(H,26,29). The number of benzene rings is 1. The predicted octanol–water partition coefficient (Wildman–Crippen LogP) is 2.95. The van der Waals surface area contributed by atoms with E-state index >= 15 is 0 Å². The van der Waals surface area contributed by atoms with E-state index < -0.39 is 0 Å². The van der Waals surface area contributed by atoms with Crippen molar-refractivity contribution in [1.29, 1.82) is 0 Å². The van der Waals surface area contributed by atoms with E-state index in [1.807, 2.05) is 37.0 Å². The Bertz CT molecular complexity index is 1130. The van der Waals surface area contributed by atoms with E-state index in [0.717, 1.165) is 52.8 Å². The van der Waals surface area contributed by atoms with Crippen molar-refractivity contribution in [1.82, 2.24) is 20.1 Å². The van der Waals surface area contributed by atoms with Gasteiger partial charge in [-0.1, -0.05) is 17.4 Å². The third-order valence-electron chi connectivity index (χ3n) is 5.56. The van der Waals surface area contributed by atoms with Gasteiger partial charge >= 0.3 is 0 Å².